The SMILES string of the molecule is CC(C)(C)c1cc(C(=O)NCCCC(N)=O)cc(N)n1. The van der Waals surface area contributed by atoms with Crippen molar-refractivity contribution >= 4 is 17.6 Å². The zero-order valence-corrected chi connectivity index (χ0v) is 12.2. The lowest BCUT2D eigenvalue weighted by Gasteiger charge is -2.19. The minimum absolute atomic E-state index is 0.184. The van der Waals surface area contributed by atoms with E-state index in [0.717, 1.165) is 5.69 Å². The van der Waals surface area contributed by atoms with Gasteiger partial charge in [0.15, 0.2) is 0 Å². The van der Waals surface area contributed by atoms with Crippen molar-refractivity contribution in [3.63, 3.8) is 0 Å². The van der Waals surface area contributed by atoms with Crippen molar-refractivity contribution in [3.8, 4) is 0 Å². The lowest BCUT2D eigenvalue weighted by Crippen LogP contribution is -2.26. The third-order valence-electron chi connectivity index (χ3n) is 2.76. The van der Waals surface area contributed by atoms with Gasteiger partial charge in [-0.1, -0.05) is 20.8 Å². The van der Waals surface area contributed by atoms with E-state index in [1.54, 1.807) is 12.1 Å². The zero-order chi connectivity index (χ0) is 15.3. The van der Waals surface area contributed by atoms with E-state index < -0.39 is 0 Å². The maximum atomic E-state index is 12.0. The van der Waals surface area contributed by atoms with Crippen molar-refractivity contribution in [2.45, 2.75) is 39.0 Å². The van der Waals surface area contributed by atoms with Crippen LogP contribution in [0.2, 0.25) is 0 Å². The zero-order valence-electron chi connectivity index (χ0n) is 12.2. The summed E-state index contributed by atoms with van der Waals surface area (Å²) < 4.78 is 0. The van der Waals surface area contributed by atoms with Gasteiger partial charge in [0.05, 0.1) is 0 Å². The molecule has 0 aliphatic heterocycles. The van der Waals surface area contributed by atoms with Crippen LogP contribution >= 0.6 is 0 Å². The predicted molar refractivity (Wildman–Crippen MR) is 78.1 cm³/mol. The number of nitrogens with one attached hydrogen (secondary N) is 1. The van der Waals surface area contributed by atoms with Crippen LogP contribution in [0.25, 0.3) is 0 Å². The molecule has 0 spiro atoms. The van der Waals surface area contributed by atoms with Crippen molar-refractivity contribution in [1.82, 2.24) is 10.3 Å². The molecule has 5 N–H and O–H groups in total. The Bertz CT molecular complexity index is 506. The maximum absolute atomic E-state index is 12.0. The number of aromatic nitrogens is 1. The standard InChI is InChI=1S/C14H22N4O2/c1-14(2,3)10-7-9(8-11(15)18-10)13(20)17-6-4-5-12(16)19/h7-8H,4-6H2,1-3H3,(H2,15,18)(H2,16,19)(H,17,20). The molecule has 0 radical (unpaired) electrons. The van der Waals surface area contributed by atoms with Crippen LogP contribution in [0.15, 0.2) is 12.1 Å². The molecule has 2 amide bonds. The van der Waals surface area contributed by atoms with Crippen LogP contribution < -0.4 is 16.8 Å². The summed E-state index contributed by atoms with van der Waals surface area (Å²) in [7, 11) is 0. The molecule has 6 nitrogen and oxygen atoms in total. The molecule has 0 bridgehead atoms. The Hall–Kier alpha value is -2.11. The fraction of sp³-hybridized carbons (Fsp3) is 0.500. The molecule has 0 aromatic carbocycles. The number of hydrogen-bond acceptors (Lipinski definition) is 4. The molecule has 0 saturated heterocycles. The first-order valence-electron chi connectivity index (χ1n) is 6.54. The van der Waals surface area contributed by atoms with E-state index in [-0.39, 0.29) is 23.7 Å². The van der Waals surface area contributed by atoms with Crippen molar-refractivity contribution in [2.75, 3.05) is 12.3 Å². The fourth-order valence-electron chi connectivity index (χ4n) is 1.63. The molecule has 1 rings (SSSR count). The molecular formula is C14H22N4O2. The highest BCUT2D eigenvalue weighted by molar-refractivity contribution is 5.95. The molecule has 110 valence electrons. The van der Waals surface area contributed by atoms with Crippen LogP contribution in [0, 0.1) is 0 Å². The van der Waals surface area contributed by atoms with Gasteiger partial charge in [-0.2, -0.15) is 0 Å². The summed E-state index contributed by atoms with van der Waals surface area (Å²) in [6.07, 6.45) is 0.778. The quantitative estimate of drug-likeness (QED) is 0.696. The first-order valence-corrected chi connectivity index (χ1v) is 6.54. The molecule has 1 aromatic rings. The van der Waals surface area contributed by atoms with Gasteiger partial charge < -0.3 is 16.8 Å². The first-order chi connectivity index (χ1) is 9.20. The van der Waals surface area contributed by atoms with E-state index in [4.69, 9.17) is 11.5 Å². The number of nitrogens with two attached hydrogens (primary N) is 2. The monoisotopic (exact) mass is 278 g/mol. The number of carbonyl (C=O) groups is 2. The van der Waals surface area contributed by atoms with E-state index in [9.17, 15) is 9.59 Å². The van der Waals surface area contributed by atoms with Crippen LogP contribution in [0.5, 0.6) is 0 Å². The second-order valence-corrected chi connectivity index (χ2v) is 5.74. The second kappa shape index (κ2) is 6.36. The number of hydrogen-bond donors (Lipinski definition) is 3. The Labute approximate surface area is 118 Å². The van der Waals surface area contributed by atoms with Crippen molar-refractivity contribution in [1.29, 1.82) is 0 Å². The van der Waals surface area contributed by atoms with Gasteiger partial charge in [0.1, 0.15) is 5.82 Å². The van der Waals surface area contributed by atoms with E-state index in [2.05, 4.69) is 10.3 Å². The normalized spacial score (nSPS) is 11.2. The van der Waals surface area contributed by atoms with Crippen LogP contribution in [0.4, 0.5) is 5.82 Å². The van der Waals surface area contributed by atoms with Crippen molar-refractivity contribution in [2.24, 2.45) is 5.73 Å². The molecule has 1 aromatic heterocycles. The molecule has 20 heavy (non-hydrogen) atoms. The number of nitrogen functional groups attached to an aromatic ring is 1. The maximum Gasteiger partial charge on any atom is 0.251 e. The average Bonchev–Trinajstić information content (AvgIpc) is 2.32. The summed E-state index contributed by atoms with van der Waals surface area (Å²) in [5.41, 5.74) is 11.8. The van der Waals surface area contributed by atoms with Gasteiger partial charge in [-0.3, -0.25) is 9.59 Å². The molecule has 6 heteroatoms. The van der Waals surface area contributed by atoms with Gasteiger partial charge in [-0.25, -0.2) is 4.98 Å². The first kappa shape index (κ1) is 15.9. The highest BCUT2D eigenvalue weighted by atomic mass is 16.2. The van der Waals surface area contributed by atoms with Gasteiger partial charge >= 0.3 is 0 Å². The summed E-state index contributed by atoms with van der Waals surface area (Å²) >= 11 is 0. The average molecular weight is 278 g/mol. The number of carbonyl (C=O) groups excluding carboxylic acids is 2. The Balaban J connectivity index is 2.73. The molecule has 0 atom stereocenters. The lowest BCUT2D eigenvalue weighted by molar-refractivity contribution is -0.118. The van der Waals surface area contributed by atoms with Crippen LogP contribution in [-0.4, -0.2) is 23.3 Å². The van der Waals surface area contributed by atoms with Gasteiger partial charge in [0.2, 0.25) is 5.91 Å². The van der Waals surface area contributed by atoms with Crippen LogP contribution in [0.3, 0.4) is 0 Å². The third-order valence-corrected chi connectivity index (χ3v) is 2.76. The van der Waals surface area contributed by atoms with E-state index in [0.29, 0.717) is 24.3 Å². The summed E-state index contributed by atoms with van der Waals surface area (Å²) in [5, 5.41) is 2.73. The van der Waals surface area contributed by atoms with E-state index in [1.807, 2.05) is 20.8 Å². The summed E-state index contributed by atoms with van der Waals surface area (Å²) in [6, 6.07) is 3.28. The van der Waals surface area contributed by atoms with E-state index in [1.165, 1.54) is 0 Å². The van der Waals surface area contributed by atoms with Crippen molar-refractivity contribution < 1.29 is 9.59 Å². The Kier molecular flexibility index (Phi) is 5.07. The topological polar surface area (TPSA) is 111 Å². The van der Waals surface area contributed by atoms with Gasteiger partial charge in [-0.15, -0.1) is 0 Å². The Morgan fingerprint density at radius 3 is 2.50 bits per heavy atom. The Morgan fingerprint density at radius 2 is 1.95 bits per heavy atom. The van der Waals surface area contributed by atoms with Crippen molar-refractivity contribution in [3.05, 3.63) is 23.4 Å². The number of rotatable bonds is 5. The van der Waals surface area contributed by atoms with Gasteiger partial charge in [0, 0.05) is 29.6 Å². The summed E-state index contributed by atoms with van der Waals surface area (Å²) in [6.45, 7) is 6.41. The minimum atomic E-state index is -0.373. The highest BCUT2D eigenvalue weighted by Crippen LogP contribution is 2.22. The Morgan fingerprint density at radius 1 is 1.30 bits per heavy atom. The van der Waals surface area contributed by atoms with Crippen LogP contribution in [0.1, 0.15) is 49.7 Å². The third kappa shape index (κ3) is 4.87. The number of anilines is 1. The smallest absolute Gasteiger partial charge is 0.251 e. The molecule has 0 fully saturated rings. The number of amides is 2. The van der Waals surface area contributed by atoms with Gasteiger partial charge in [0.25, 0.3) is 5.91 Å². The van der Waals surface area contributed by atoms with Crippen LogP contribution in [-0.2, 0) is 10.2 Å². The molecule has 0 aliphatic carbocycles. The molecule has 1 heterocycles. The van der Waals surface area contributed by atoms with E-state index >= 15 is 0 Å². The largest absolute Gasteiger partial charge is 0.384 e. The number of pyridine rings is 1. The highest BCUT2D eigenvalue weighted by Gasteiger charge is 2.18. The predicted octanol–water partition coefficient (Wildman–Crippen LogP) is 0.957. The molecule has 0 saturated carbocycles. The molecule has 0 unspecified atom stereocenters. The number of nitrogens with zero attached hydrogens (tertiary/aromatic N) is 1. The molecular weight excluding hydrogens is 256 g/mol. The van der Waals surface area contributed by atoms with Gasteiger partial charge in [-0.05, 0) is 18.6 Å². The summed E-state index contributed by atoms with van der Waals surface area (Å²) in [5.74, 6) is -0.281. The molecule has 0 aliphatic rings. The fourth-order valence-corrected chi connectivity index (χ4v) is 1.63. The second-order valence-electron chi connectivity index (χ2n) is 5.74. The lowest BCUT2D eigenvalue weighted by atomic mass is 9.90. The number of primary amides is 1. The summed E-state index contributed by atoms with van der Waals surface area (Å²) in [4.78, 5) is 26.9. The minimum Gasteiger partial charge on any atom is -0.384 e.